The lowest BCUT2D eigenvalue weighted by molar-refractivity contribution is 0.793. The second-order valence-electron chi connectivity index (χ2n) is 3.59. The summed E-state index contributed by atoms with van der Waals surface area (Å²) in [5.74, 6) is 0.624. The Morgan fingerprint density at radius 1 is 1.46 bits per heavy atom. The largest absolute Gasteiger partial charge is 0.264 e. The van der Waals surface area contributed by atoms with Gasteiger partial charge >= 0.3 is 0 Å². The zero-order chi connectivity index (χ0) is 9.10. The Morgan fingerprint density at radius 2 is 2.38 bits per heavy atom. The number of aromatic nitrogens is 1. The standard InChI is InChI=1S/C12H15N/c1-2-10-7-12(9-13-8-10)11-5-3-4-6-11/h3,5,7-9,11H,2,4,6H2,1H3. The van der Waals surface area contributed by atoms with Crippen LogP contribution in [0.1, 0.15) is 36.8 Å². The lowest BCUT2D eigenvalue weighted by Gasteiger charge is -2.08. The van der Waals surface area contributed by atoms with Gasteiger partial charge in [0, 0.05) is 18.3 Å². The summed E-state index contributed by atoms with van der Waals surface area (Å²) in [4.78, 5) is 4.27. The summed E-state index contributed by atoms with van der Waals surface area (Å²) in [5.41, 5.74) is 2.73. The van der Waals surface area contributed by atoms with Crippen LogP contribution in [-0.2, 0) is 6.42 Å². The first kappa shape index (κ1) is 8.49. The number of hydrogen-bond acceptors (Lipinski definition) is 1. The van der Waals surface area contributed by atoms with E-state index in [0.717, 1.165) is 6.42 Å². The highest BCUT2D eigenvalue weighted by Gasteiger charge is 2.11. The van der Waals surface area contributed by atoms with Crippen molar-refractivity contribution in [1.29, 1.82) is 0 Å². The molecule has 0 aliphatic heterocycles. The van der Waals surface area contributed by atoms with E-state index >= 15 is 0 Å². The number of hydrogen-bond donors (Lipinski definition) is 0. The molecule has 0 aromatic carbocycles. The van der Waals surface area contributed by atoms with Crippen molar-refractivity contribution in [2.75, 3.05) is 0 Å². The molecule has 2 rings (SSSR count). The van der Waals surface area contributed by atoms with Crippen molar-refractivity contribution >= 4 is 0 Å². The van der Waals surface area contributed by atoms with Crippen LogP contribution in [0.2, 0.25) is 0 Å². The van der Waals surface area contributed by atoms with E-state index in [0.29, 0.717) is 5.92 Å². The smallest absolute Gasteiger partial charge is 0.0306 e. The molecular formula is C12H15N. The molecule has 1 aromatic rings. The molecule has 1 heterocycles. The molecule has 0 bridgehead atoms. The van der Waals surface area contributed by atoms with Crippen LogP contribution in [0.5, 0.6) is 0 Å². The van der Waals surface area contributed by atoms with Gasteiger partial charge in [0.15, 0.2) is 0 Å². The topological polar surface area (TPSA) is 12.9 Å². The number of allylic oxidation sites excluding steroid dienone is 2. The Kier molecular flexibility index (Phi) is 2.44. The van der Waals surface area contributed by atoms with Crippen molar-refractivity contribution < 1.29 is 0 Å². The zero-order valence-electron chi connectivity index (χ0n) is 8.03. The van der Waals surface area contributed by atoms with Crippen LogP contribution in [-0.4, -0.2) is 4.98 Å². The van der Waals surface area contributed by atoms with Crippen molar-refractivity contribution in [2.45, 2.75) is 32.1 Å². The minimum atomic E-state index is 0.624. The molecule has 0 fully saturated rings. The minimum Gasteiger partial charge on any atom is -0.264 e. The number of pyridine rings is 1. The maximum Gasteiger partial charge on any atom is 0.0306 e. The van der Waals surface area contributed by atoms with Crippen LogP contribution in [0.25, 0.3) is 0 Å². The Morgan fingerprint density at radius 3 is 3.08 bits per heavy atom. The van der Waals surface area contributed by atoms with Gasteiger partial charge in [-0.3, -0.25) is 4.98 Å². The predicted molar refractivity (Wildman–Crippen MR) is 54.7 cm³/mol. The van der Waals surface area contributed by atoms with E-state index in [4.69, 9.17) is 0 Å². The van der Waals surface area contributed by atoms with Crippen LogP contribution in [0.15, 0.2) is 30.6 Å². The van der Waals surface area contributed by atoms with Gasteiger partial charge in [-0.2, -0.15) is 0 Å². The fourth-order valence-electron chi connectivity index (χ4n) is 1.81. The molecule has 1 unspecified atom stereocenters. The van der Waals surface area contributed by atoms with Crippen LogP contribution >= 0.6 is 0 Å². The van der Waals surface area contributed by atoms with E-state index in [2.05, 4.69) is 30.1 Å². The highest BCUT2D eigenvalue weighted by Crippen LogP contribution is 2.27. The Labute approximate surface area is 79.5 Å². The van der Waals surface area contributed by atoms with Gasteiger partial charge in [-0.1, -0.05) is 25.1 Å². The first-order valence-corrected chi connectivity index (χ1v) is 5.00. The second kappa shape index (κ2) is 3.73. The summed E-state index contributed by atoms with van der Waals surface area (Å²) in [6.07, 6.45) is 12.1. The molecular weight excluding hydrogens is 158 g/mol. The van der Waals surface area contributed by atoms with E-state index < -0.39 is 0 Å². The summed E-state index contributed by atoms with van der Waals surface area (Å²) >= 11 is 0. The molecule has 0 spiro atoms. The molecule has 1 aliphatic rings. The van der Waals surface area contributed by atoms with Crippen molar-refractivity contribution in [3.05, 3.63) is 41.7 Å². The van der Waals surface area contributed by atoms with Gasteiger partial charge in [0.05, 0.1) is 0 Å². The molecule has 68 valence electrons. The average molecular weight is 173 g/mol. The van der Waals surface area contributed by atoms with Gasteiger partial charge in [0.25, 0.3) is 0 Å². The monoisotopic (exact) mass is 173 g/mol. The van der Waals surface area contributed by atoms with Gasteiger partial charge in [0.2, 0.25) is 0 Å². The second-order valence-corrected chi connectivity index (χ2v) is 3.59. The van der Waals surface area contributed by atoms with Crippen molar-refractivity contribution in [1.82, 2.24) is 4.98 Å². The summed E-state index contributed by atoms with van der Waals surface area (Å²) in [6, 6.07) is 2.29. The highest BCUT2D eigenvalue weighted by atomic mass is 14.6. The summed E-state index contributed by atoms with van der Waals surface area (Å²) in [7, 11) is 0. The van der Waals surface area contributed by atoms with Gasteiger partial charge in [0.1, 0.15) is 0 Å². The van der Waals surface area contributed by atoms with Crippen LogP contribution in [0.4, 0.5) is 0 Å². The third-order valence-corrected chi connectivity index (χ3v) is 2.67. The zero-order valence-corrected chi connectivity index (χ0v) is 8.03. The number of rotatable bonds is 2. The fourth-order valence-corrected chi connectivity index (χ4v) is 1.81. The maximum atomic E-state index is 4.27. The average Bonchev–Trinajstić information content (AvgIpc) is 2.71. The van der Waals surface area contributed by atoms with Crippen LogP contribution in [0, 0.1) is 0 Å². The molecule has 0 radical (unpaired) electrons. The highest BCUT2D eigenvalue weighted by molar-refractivity contribution is 5.26. The van der Waals surface area contributed by atoms with Gasteiger partial charge < -0.3 is 0 Å². The third kappa shape index (κ3) is 1.80. The molecule has 1 aromatic heterocycles. The number of nitrogens with zero attached hydrogens (tertiary/aromatic N) is 1. The first-order chi connectivity index (χ1) is 6.40. The predicted octanol–water partition coefficient (Wildman–Crippen LogP) is 3.08. The van der Waals surface area contributed by atoms with Gasteiger partial charge in [-0.05, 0) is 30.4 Å². The van der Waals surface area contributed by atoms with E-state index in [-0.39, 0.29) is 0 Å². The van der Waals surface area contributed by atoms with Crippen LogP contribution < -0.4 is 0 Å². The van der Waals surface area contributed by atoms with Gasteiger partial charge in [-0.15, -0.1) is 0 Å². The lowest BCUT2D eigenvalue weighted by atomic mass is 9.99. The van der Waals surface area contributed by atoms with E-state index in [1.165, 1.54) is 24.0 Å². The third-order valence-electron chi connectivity index (χ3n) is 2.67. The summed E-state index contributed by atoms with van der Waals surface area (Å²) < 4.78 is 0. The molecule has 0 saturated heterocycles. The Bertz CT molecular complexity index is 315. The molecule has 1 aliphatic carbocycles. The van der Waals surface area contributed by atoms with Gasteiger partial charge in [-0.25, -0.2) is 0 Å². The summed E-state index contributed by atoms with van der Waals surface area (Å²) in [6.45, 7) is 2.17. The summed E-state index contributed by atoms with van der Waals surface area (Å²) in [5, 5.41) is 0. The maximum absolute atomic E-state index is 4.27. The van der Waals surface area contributed by atoms with E-state index in [1.54, 1.807) is 0 Å². The molecule has 1 nitrogen and oxygen atoms in total. The molecule has 1 atom stereocenters. The molecule has 0 saturated carbocycles. The molecule has 0 amide bonds. The first-order valence-electron chi connectivity index (χ1n) is 5.00. The normalized spacial score (nSPS) is 20.8. The SMILES string of the molecule is CCc1cncc(C2C=CCC2)c1. The van der Waals surface area contributed by atoms with E-state index in [1.807, 2.05) is 12.4 Å². The Balaban J connectivity index is 2.24. The lowest BCUT2D eigenvalue weighted by Crippen LogP contribution is -1.94. The molecule has 0 N–H and O–H groups in total. The van der Waals surface area contributed by atoms with Crippen molar-refractivity contribution in [3.8, 4) is 0 Å². The quantitative estimate of drug-likeness (QED) is 0.626. The number of aryl methyl sites for hydroxylation is 1. The van der Waals surface area contributed by atoms with Crippen molar-refractivity contribution in [2.24, 2.45) is 0 Å². The minimum absolute atomic E-state index is 0.624. The van der Waals surface area contributed by atoms with Crippen molar-refractivity contribution in [3.63, 3.8) is 0 Å². The molecule has 1 heteroatoms. The van der Waals surface area contributed by atoms with Crippen LogP contribution in [0.3, 0.4) is 0 Å². The Hall–Kier alpha value is -1.11. The molecule has 13 heavy (non-hydrogen) atoms. The van der Waals surface area contributed by atoms with E-state index in [9.17, 15) is 0 Å². The fraction of sp³-hybridized carbons (Fsp3) is 0.417.